The number of fused-ring (bicyclic) bond motifs is 1. The van der Waals surface area contributed by atoms with Crippen LogP contribution in [0.4, 0.5) is 4.39 Å². The molecule has 0 saturated carbocycles. The van der Waals surface area contributed by atoms with Gasteiger partial charge in [-0.25, -0.2) is 4.39 Å². The van der Waals surface area contributed by atoms with Gasteiger partial charge >= 0.3 is 0 Å². The van der Waals surface area contributed by atoms with Crippen LogP contribution in [-0.4, -0.2) is 5.11 Å². The van der Waals surface area contributed by atoms with Gasteiger partial charge in [0.25, 0.3) is 0 Å². The number of aliphatic hydroxyl groups excluding tert-OH is 1. The molecule has 0 radical (unpaired) electrons. The lowest BCUT2D eigenvalue weighted by molar-refractivity contribution is 0.183. The first kappa shape index (κ1) is 13.2. The molecule has 98 valence electrons. The SMILES string of the molecule is OC(Cc1ccc(Br)s1)c1cc2ccc(F)cc2s1. The average molecular weight is 357 g/mol. The van der Waals surface area contributed by atoms with E-state index in [2.05, 4.69) is 15.9 Å². The summed E-state index contributed by atoms with van der Waals surface area (Å²) in [5.74, 6) is -0.238. The van der Waals surface area contributed by atoms with E-state index in [-0.39, 0.29) is 5.82 Å². The summed E-state index contributed by atoms with van der Waals surface area (Å²) in [6.07, 6.45) is 0.0528. The third kappa shape index (κ3) is 2.89. The molecule has 19 heavy (non-hydrogen) atoms. The molecule has 0 aliphatic heterocycles. The minimum atomic E-state index is -0.536. The Labute approximate surface area is 126 Å². The largest absolute Gasteiger partial charge is 0.387 e. The van der Waals surface area contributed by atoms with Crippen LogP contribution in [0.1, 0.15) is 15.9 Å². The summed E-state index contributed by atoms with van der Waals surface area (Å²) in [6, 6.07) is 10.6. The van der Waals surface area contributed by atoms with Crippen LogP contribution in [0.15, 0.2) is 40.2 Å². The second-order valence-corrected chi connectivity index (χ2v) is 7.92. The molecule has 3 rings (SSSR count). The zero-order chi connectivity index (χ0) is 13.4. The normalized spacial score (nSPS) is 13.0. The minimum absolute atomic E-state index is 0.238. The van der Waals surface area contributed by atoms with Gasteiger partial charge in [0.1, 0.15) is 5.82 Å². The Balaban J connectivity index is 1.86. The van der Waals surface area contributed by atoms with Gasteiger partial charge in [-0.1, -0.05) is 6.07 Å². The fourth-order valence-electron chi connectivity index (χ4n) is 1.94. The topological polar surface area (TPSA) is 20.2 Å². The van der Waals surface area contributed by atoms with Gasteiger partial charge in [-0.2, -0.15) is 0 Å². The summed E-state index contributed by atoms with van der Waals surface area (Å²) in [7, 11) is 0. The second-order valence-electron chi connectivity index (χ2n) is 4.26. The van der Waals surface area contributed by atoms with Crippen LogP contribution < -0.4 is 0 Å². The van der Waals surface area contributed by atoms with E-state index >= 15 is 0 Å². The first-order valence-corrected chi connectivity index (χ1v) is 8.16. The Morgan fingerprint density at radius 1 is 1.16 bits per heavy atom. The molecule has 0 aliphatic rings. The Kier molecular flexibility index (Phi) is 3.71. The number of halogens is 2. The number of benzene rings is 1. The molecule has 5 heteroatoms. The molecule has 1 N–H and O–H groups in total. The highest BCUT2D eigenvalue weighted by Crippen LogP contribution is 2.33. The molecule has 0 saturated heterocycles. The van der Waals surface area contributed by atoms with Crippen molar-refractivity contribution in [3.8, 4) is 0 Å². The number of thiophene rings is 2. The van der Waals surface area contributed by atoms with E-state index in [1.165, 1.54) is 23.5 Å². The molecular weight excluding hydrogens is 347 g/mol. The molecule has 1 aromatic carbocycles. The first-order chi connectivity index (χ1) is 9.11. The van der Waals surface area contributed by atoms with Crippen molar-refractivity contribution in [1.82, 2.24) is 0 Å². The van der Waals surface area contributed by atoms with Crippen LogP contribution in [-0.2, 0) is 6.42 Å². The Morgan fingerprint density at radius 3 is 2.74 bits per heavy atom. The van der Waals surface area contributed by atoms with Crippen molar-refractivity contribution in [2.45, 2.75) is 12.5 Å². The number of hydrogen-bond donors (Lipinski definition) is 1. The number of aliphatic hydroxyl groups is 1. The molecule has 0 aliphatic carbocycles. The Morgan fingerprint density at radius 2 is 2.00 bits per heavy atom. The summed E-state index contributed by atoms with van der Waals surface area (Å²) >= 11 is 6.48. The van der Waals surface area contributed by atoms with E-state index in [9.17, 15) is 9.50 Å². The van der Waals surface area contributed by atoms with E-state index in [0.29, 0.717) is 6.42 Å². The highest BCUT2D eigenvalue weighted by atomic mass is 79.9. The maximum atomic E-state index is 13.1. The van der Waals surface area contributed by atoms with E-state index in [4.69, 9.17) is 0 Å². The fraction of sp³-hybridized carbons (Fsp3) is 0.143. The molecule has 1 unspecified atom stereocenters. The van der Waals surface area contributed by atoms with Gasteiger partial charge < -0.3 is 5.11 Å². The third-order valence-electron chi connectivity index (χ3n) is 2.85. The minimum Gasteiger partial charge on any atom is -0.387 e. The fourth-order valence-corrected chi connectivity index (χ4v) is 4.54. The predicted molar refractivity (Wildman–Crippen MR) is 82.5 cm³/mol. The summed E-state index contributed by atoms with van der Waals surface area (Å²) < 4.78 is 15.1. The maximum absolute atomic E-state index is 13.1. The Hall–Kier alpha value is -0.750. The van der Waals surface area contributed by atoms with Crippen molar-refractivity contribution < 1.29 is 9.50 Å². The molecule has 0 fully saturated rings. The van der Waals surface area contributed by atoms with Gasteiger partial charge in [0, 0.05) is 20.9 Å². The van der Waals surface area contributed by atoms with Gasteiger partial charge in [-0.05, 0) is 51.6 Å². The maximum Gasteiger partial charge on any atom is 0.124 e. The summed E-state index contributed by atoms with van der Waals surface area (Å²) in [6.45, 7) is 0. The molecule has 3 aromatic rings. The van der Waals surface area contributed by atoms with Crippen LogP contribution in [0.25, 0.3) is 10.1 Å². The van der Waals surface area contributed by atoms with Crippen LogP contribution >= 0.6 is 38.6 Å². The van der Waals surface area contributed by atoms with Crippen molar-refractivity contribution in [2.24, 2.45) is 0 Å². The van der Waals surface area contributed by atoms with E-state index in [0.717, 1.165) is 23.6 Å². The summed E-state index contributed by atoms with van der Waals surface area (Å²) in [5, 5.41) is 11.2. The van der Waals surface area contributed by atoms with Crippen molar-refractivity contribution >= 4 is 48.7 Å². The zero-order valence-corrected chi connectivity index (χ0v) is 13.0. The van der Waals surface area contributed by atoms with Crippen molar-refractivity contribution in [1.29, 1.82) is 0 Å². The number of hydrogen-bond acceptors (Lipinski definition) is 3. The lowest BCUT2D eigenvalue weighted by Crippen LogP contribution is -1.97. The predicted octanol–water partition coefficient (Wildman–Crippen LogP) is 5.14. The highest BCUT2D eigenvalue weighted by molar-refractivity contribution is 9.11. The third-order valence-corrected chi connectivity index (χ3v) is 5.70. The zero-order valence-electron chi connectivity index (χ0n) is 9.77. The van der Waals surface area contributed by atoms with Gasteiger partial charge in [0.05, 0.1) is 9.89 Å². The van der Waals surface area contributed by atoms with Crippen LogP contribution in [0, 0.1) is 5.82 Å². The van der Waals surface area contributed by atoms with E-state index in [1.54, 1.807) is 17.4 Å². The molecule has 0 bridgehead atoms. The molecule has 1 atom stereocenters. The van der Waals surface area contributed by atoms with Gasteiger partial charge in [-0.3, -0.25) is 0 Å². The lowest BCUT2D eigenvalue weighted by atomic mass is 10.1. The monoisotopic (exact) mass is 356 g/mol. The smallest absolute Gasteiger partial charge is 0.124 e. The van der Waals surface area contributed by atoms with Gasteiger partial charge in [0.15, 0.2) is 0 Å². The lowest BCUT2D eigenvalue weighted by Gasteiger charge is -2.05. The van der Waals surface area contributed by atoms with Crippen LogP contribution in [0.2, 0.25) is 0 Å². The average Bonchev–Trinajstić information content (AvgIpc) is 2.95. The first-order valence-electron chi connectivity index (χ1n) is 5.73. The molecule has 0 amide bonds. The molecule has 2 aromatic heterocycles. The summed E-state index contributed by atoms with van der Waals surface area (Å²) in [5.41, 5.74) is 0. The van der Waals surface area contributed by atoms with Gasteiger partial charge in [-0.15, -0.1) is 22.7 Å². The van der Waals surface area contributed by atoms with E-state index < -0.39 is 6.10 Å². The van der Waals surface area contributed by atoms with Crippen molar-refractivity contribution in [3.05, 3.63) is 55.8 Å². The Bertz CT molecular complexity index is 719. The van der Waals surface area contributed by atoms with Crippen molar-refractivity contribution in [3.63, 3.8) is 0 Å². The van der Waals surface area contributed by atoms with Crippen LogP contribution in [0.3, 0.4) is 0 Å². The highest BCUT2D eigenvalue weighted by Gasteiger charge is 2.13. The van der Waals surface area contributed by atoms with Crippen LogP contribution in [0.5, 0.6) is 0 Å². The summed E-state index contributed by atoms with van der Waals surface area (Å²) in [4.78, 5) is 2.01. The van der Waals surface area contributed by atoms with E-state index in [1.807, 2.05) is 18.2 Å². The quantitative estimate of drug-likeness (QED) is 0.688. The number of rotatable bonds is 3. The molecule has 0 spiro atoms. The van der Waals surface area contributed by atoms with Crippen molar-refractivity contribution in [2.75, 3.05) is 0 Å². The van der Waals surface area contributed by atoms with Gasteiger partial charge in [0.2, 0.25) is 0 Å². The second kappa shape index (κ2) is 5.32. The molecule has 1 nitrogen and oxygen atoms in total. The standard InChI is InChI=1S/C14H10BrFOS2/c15-14-4-3-10(18-14)7-11(17)13-5-8-1-2-9(16)6-12(8)19-13/h1-6,11,17H,7H2. The molecule has 2 heterocycles. The molecular formula is C14H10BrFOS2.